The topological polar surface area (TPSA) is 141 Å². The third kappa shape index (κ3) is 6.02. The second kappa shape index (κ2) is 9.79. The predicted molar refractivity (Wildman–Crippen MR) is 108 cm³/mol. The van der Waals surface area contributed by atoms with Gasteiger partial charge in [-0.2, -0.15) is 0 Å². The fourth-order valence-corrected chi connectivity index (χ4v) is 3.45. The van der Waals surface area contributed by atoms with Crippen LogP contribution in [-0.2, 0) is 9.59 Å². The van der Waals surface area contributed by atoms with Gasteiger partial charge in [0.1, 0.15) is 0 Å². The standard InChI is InChI=1S/C18H24N6O3S/c1-11(25)24(2)10-15(26)22-13(7-5-9-21-18(19)20)16(27)17-23-12-6-3-4-8-14(12)28-17/h3-4,6,8,13H,5,7,9-10H2,1-2H3,(H,22,26)(H4,19,20,21). The molecule has 1 heterocycles. The smallest absolute Gasteiger partial charge is 0.240 e. The van der Waals surface area contributed by atoms with E-state index in [1.807, 2.05) is 24.3 Å². The van der Waals surface area contributed by atoms with E-state index in [0.717, 1.165) is 10.2 Å². The lowest BCUT2D eigenvalue weighted by Gasteiger charge is -2.19. The largest absolute Gasteiger partial charge is 0.370 e. The molecule has 1 atom stereocenters. The van der Waals surface area contributed by atoms with E-state index in [1.165, 1.54) is 30.2 Å². The van der Waals surface area contributed by atoms with Crippen LogP contribution in [-0.4, -0.2) is 59.6 Å². The van der Waals surface area contributed by atoms with Gasteiger partial charge in [0, 0.05) is 20.5 Å². The van der Waals surface area contributed by atoms with Gasteiger partial charge in [-0.1, -0.05) is 12.1 Å². The Morgan fingerprint density at radius 2 is 2.04 bits per heavy atom. The number of Topliss-reactive ketones (excluding diaryl/α,β-unsaturated/α-hetero) is 1. The maximum atomic E-state index is 13.0. The van der Waals surface area contributed by atoms with Gasteiger partial charge >= 0.3 is 0 Å². The highest BCUT2D eigenvalue weighted by atomic mass is 32.1. The number of aromatic nitrogens is 1. The number of carbonyl (C=O) groups excluding carboxylic acids is 3. The molecule has 0 fully saturated rings. The van der Waals surface area contributed by atoms with Gasteiger partial charge in [-0.15, -0.1) is 11.3 Å². The number of ketones is 1. The Morgan fingerprint density at radius 1 is 1.32 bits per heavy atom. The van der Waals surface area contributed by atoms with Crippen LogP contribution in [0.4, 0.5) is 0 Å². The van der Waals surface area contributed by atoms with Crippen molar-refractivity contribution in [3.05, 3.63) is 29.3 Å². The van der Waals surface area contributed by atoms with Crippen molar-refractivity contribution >= 4 is 45.1 Å². The molecule has 0 aliphatic rings. The van der Waals surface area contributed by atoms with Crippen LogP contribution in [0.2, 0.25) is 0 Å². The molecule has 2 aromatic rings. The van der Waals surface area contributed by atoms with E-state index in [0.29, 0.717) is 24.4 Å². The fourth-order valence-electron chi connectivity index (χ4n) is 2.49. The van der Waals surface area contributed by atoms with E-state index < -0.39 is 11.9 Å². The van der Waals surface area contributed by atoms with Crippen molar-refractivity contribution < 1.29 is 14.4 Å². The highest BCUT2D eigenvalue weighted by Crippen LogP contribution is 2.23. The molecule has 1 aromatic heterocycles. The number of guanidine groups is 1. The average Bonchev–Trinajstić information content (AvgIpc) is 3.07. The second-order valence-corrected chi connectivity index (χ2v) is 7.36. The van der Waals surface area contributed by atoms with Gasteiger partial charge in [0.05, 0.1) is 22.8 Å². The van der Waals surface area contributed by atoms with Gasteiger partial charge in [-0.3, -0.25) is 19.8 Å². The molecule has 0 aliphatic heterocycles. The summed E-state index contributed by atoms with van der Waals surface area (Å²) in [6.07, 6.45) is 0.869. The number of amides is 2. The molecular weight excluding hydrogens is 380 g/mol. The number of para-hydroxylation sites is 1. The number of rotatable bonds is 9. The van der Waals surface area contributed by atoms with E-state index in [-0.39, 0.29) is 24.2 Å². The second-order valence-electron chi connectivity index (χ2n) is 6.33. The number of hydrogen-bond donors (Lipinski definition) is 4. The normalized spacial score (nSPS) is 11.6. The monoisotopic (exact) mass is 404 g/mol. The lowest BCUT2D eigenvalue weighted by atomic mass is 10.1. The summed E-state index contributed by atoms with van der Waals surface area (Å²) in [5.74, 6) is -1.09. The SMILES string of the molecule is CC(=O)N(C)CC(=O)NC(CCCNC(=N)N)C(=O)c1nc2ccccc2s1. The molecule has 0 radical (unpaired) electrons. The minimum Gasteiger partial charge on any atom is -0.370 e. The Bertz CT molecular complexity index is 848. The van der Waals surface area contributed by atoms with Crippen molar-refractivity contribution in [2.75, 3.05) is 20.1 Å². The molecule has 2 amide bonds. The summed E-state index contributed by atoms with van der Waals surface area (Å²) in [5.41, 5.74) is 5.99. The molecule has 0 spiro atoms. The number of thiazole rings is 1. The lowest BCUT2D eigenvalue weighted by molar-refractivity contribution is -0.133. The van der Waals surface area contributed by atoms with Gasteiger partial charge < -0.3 is 21.3 Å². The number of hydrogen-bond acceptors (Lipinski definition) is 6. The molecule has 1 aromatic carbocycles. The minimum atomic E-state index is -0.776. The van der Waals surface area contributed by atoms with E-state index >= 15 is 0 Å². The van der Waals surface area contributed by atoms with Gasteiger partial charge in [-0.25, -0.2) is 4.98 Å². The van der Waals surface area contributed by atoms with Crippen LogP contribution in [0.5, 0.6) is 0 Å². The van der Waals surface area contributed by atoms with Crippen LogP contribution in [0.3, 0.4) is 0 Å². The molecule has 10 heteroatoms. The predicted octanol–water partition coefficient (Wildman–Crippen LogP) is 0.705. The van der Waals surface area contributed by atoms with Crippen molar-refractivity contribution in [1.82, 2.24) is 20.5 Å². The Morgan fingerprint density at radius 3 is 2.68 bits per heavy atom. The summed E-state index contributed by atoms with van der Waals surface area (Å²) >= 11 is 1.28. The molecule has 0 saturated heterocycles. The van der Waals surface area contributed by atoms with Crippen LogP contribution in [0, 0.1) is 5.41 Å². The molecule has 9 nitrogen and oxygen atoms in total. The quantitative estimate of drug-likeness (QED) is 0.210. The first-order valence-electron chi connectivity index (χ1n) is 8.76. The first kappa shape index (κ1) is 21.3. The molecule has 0 bridgehead atoms. The molecule has 2 rings (SSSR count). The summed E-state index contributed by atoms with van der Waals surface area (Å²) in [6.45, 7) is 1.64. The van der Waals surface area contributed by atoms with Crippen molar-refractivity contribution in [3.63, 3.8) is 0 Å². The van der Waals surface area contributed by atoms with Crippen LogP contribution in [0.15, 0.2) is 24.3 Å². The zero-order valence-electron chi connectivity index (χ0n) is 15.8. The Hall–Kier alpha value is -3.01. The van der Waals surface area contributed by atoms with Crippen LogP contribution in [0.1, 0.15) is 29.6 Å². The summed E-state index contributed by atoms with van der Waals surface area (Å²) in [7, 11) is 1.52. The van der Waals surface area contributed by atoms with E-state index in [4.69, 9.17) is 11.1 Å². The summed E-state index contributed by atoms with van der Waals surface area (Å²) in [5, 5.41) is 12.9. The maximum absolute atomic E-state index is 13.0. The molecular formula is C18H24N6O3S. The van der Waals surface area contributed by atoms with Gasteiger partial charge in [0.2, 0.25) is 17.6 Å². The number of nitrogens with two attached hydrogens (primary N) is 1. The lowest BCUT2D eigenvalue weighted by Crippen LogP contribution is -2.46. The molecule has 0 saturated carbocycles. The first-order chi connectivity index (χ1) is 13.3. The zero-order chi connectivity index (χ0) is 20.7. The summed E-state index contributed by atoms with van der Waals surface area (Å²) < 4.78 is 0.894. The molecule has 5 N–H and O–H groups in total. The van der Waals surface area contributed by atoms with Crippen LogP contribution < -0.4 is 16.4 Å². The molecule has 1 unspecified atom stereocenters. The first-order valence-corrected chi connectivity index (χ1v) is 9.58. The Balaban J connectivity index is 2.11. The average molecular weight is 404 g/mol. The number of likely N-dealkylation sites (N-methyl/N-ethyl adjacent to an activating group) is 1. The van der Waals surface area contributed by atoms with Gasteiger partial charge in [0.25, 0.3) is 0 Å². The van der Waals surface area contributed by atoms with Crippen LogP contribution >= 0.6 is 11.3 Å². The van der Waals surface area contributed by atoms with E-state index in [9.17, 15) is 14.4 Å². The highest BCUT2D eigenvalue weighted by molar-refractivity contribution is 7.20. The number of nitrogens with one attached hydrogen (secondary N) is 3. The van der Waals surface area contributed by atoms with E-state index in [2.05, 4.69) is 15.6 Å². The summed E-state index contributed by atoms with van der Waals surface area (Å²) in [6, 6.07) is 6.66. The van der Waals surface area contributed by atoms with E-state index in [1.54, 1.807) is 0 Å². The van der Waals surface area contributed by atoms with Crippen LogP contribution in [0.25, 0.3) is 10.2 Å². The summed E-state index contributed by atoms with van der Waals surface area (Å²) in [4.78, 5) is 42.2. The van der Waals surface area contributed by atoms with Gasteiger partial charge in [-0.05, 0) is 25.0 Å². The number of carbonyl (C=O) groups is 3. The molecule has 28 heavy (non-hydrogen) atoms. The zero-order valence-corrected chi connectivity index (χ0v) is 16.6. The minimum absolute atomic E-state index is 0.134. The number of benzene rings is 1. The molecule has 0 aliphatic carbocycles. The van der Waals surface area contributed by atoms with Crippen molar-refractivity contribution in [2.24, 2.45) is 5.73 Å². The van der Waals surface area contributed by atoms with Crippen molar-refractivity contribution in [3.8, 4) is 0 Å². The van der Waals surface area contributed by atoms with Crippen molar-refractivity contribution in [1.29, 1.82) is 5.41 Å². The number of fused-ring (bicyclic) bond motifs is 1. The van der Waals surface area contributed by atoms with Gasteiger partial charge in [0.15, 0.2) is 11.0 Å². The highest BCUT2D eigenvalue weighted by Gasteiger charge is 2.25. The van der Waals surface area contributed by atoms with Crippen molar-refractivity contribution in [2.45, 2.75) is 25.8 Å². The number of nitrogens with zero attached hydrogens (tertiary/aromatic N) is 2. The Labute approximate surface area is 166 Å². The third-order valence-corrected chi connectivity index (χ3v) is 5.11. The maximum Gasteiger partial charge on any atom is 0.240 e. The molecule has 150 valence electrons. The third-order valence-electron chi connectivity index (χ3n) is 4.06. The Kier molecular flexibility index (Phi) is 7.44. The fraction of sp³-hybridized carbons (Fsp3) is 0.389.